The smallest absolute Gasteiger partial charge is 0.272 e. The fourth-order valence-corrected chi connectivity index (χ4v) is 3.34. The predicted octanol–water partition coefficient (Wildman–Crippen LogP) is 4.39. The summed E-state index contributed by atoms with van der Waals surface area (Å²) >= 11 is 0. The Labute approximate surface area is 172 Å². The number of aromatic nitrogens is 1. The van der Waals surface area contributed by atoms with Gasteiger partial charge in [-0.25, -0.2) is 10.4 Å². The highest BCUT2D eigenvalue weighted by atomic mass is 16.7. The van der Waals surface area contributed by atoms with Gasteiger partial charge in [0.05, 0.1) is 23.0 Å². The zero-order chi connectivity index (χ0) is 20.3. The van der Waals surface area contributed by atoms with Crippen LogP contribution < -0.4 is 14.9 Å². The summed E-state index contributed by atoms with van der Waals surface area (Å²) in [5.74, 6) is 1.06. The van der Waals surface area contributed by atoms with Gasteiger partial charge >= 0.3 is 0 Å². The number of nitrogens with zero attached hydrogens (tertiary/aromatic N) is 2. The highest BCUT2D eigenvalue weighted by Gasteiger charge is 2.14. The van der Waals surface area contributed by atoms with Crippen LogP contribution in [0.5, 0.6) is 11.5 Å². The minimum Gasteiger partial charge on any atom is -0.454 e. The monoisotopic (exact) mass is 395 g/mol. The average molecular weight is 395 g/mol. The molecule has 0 saturated carbocycles. The molecule has 1 amide bonds. The van der Waals surface area contributed by atoms with Gasteiger partial charge in [-0.2, -0.15) is 5.10 Å². The highest BCUT2D eigenvalue weighted by Crippen LogP contribution is 2.32. The maximum atomic E-state index is 12.9. The van der Waals surface area contributed by atoms with E-state index in [4.69, 9.17) is 14.5 Å². The van der Waals surface area contributed by atoms with Gasteiger partial charge in [0, 0.05) is 10.9 Å². The summed E-state index contributed by atoms with van der Waals surface area (Å²) in [7, 11) is 0. The van der Waals surface area contributed by atoms with E-state index in [9.17, 15) is 4.79 Å². The Hall–Kier alpha value is -4.19. The largest absolute Gasteiger partial charge is 0.454 e. The SMILES string of the molecule is O=C(NN=Cc1ccc2c(c1)OCO2)c1cc(-c2ccccc2)nc2ccccc12. The predicted molar refractivity (Wildman–Crippen MR) is 115 cm³/mol. The molecule has 1 aliphatic heterocycles. The van der Waals surface area contributed by atoms with Gasteiger partial charge in [0.2, 0.25) is 6.79 Å². The van der Waals surface area contributed by atoms with Crippen LogP contribution in [0.3, 0.4) is 0 Å². The second-order valence-electron chi connectivity index (χ2n) is 6.75. The number of carbonyl (C=O) groups is 1. The number of amides is 1. The highest BCUT2D eigenvalue weighted by molar-refractivity contribution is 6.07. The number of benzene rings is 3. The quantitative estimate of drug-likeness (QED) is 0.411. The van der Waals surface area contributed by atoms with Crippen LogP contribution in [0.2, 0.25) is 0 Å². The summed E-state index contributed by atoms with van der Waals surface area (Å²) in [4.78, 5) is 17.6. The van der Waals surface area contributed by atoms with E-state index < -0.39 is 0 Å². The molecule has 1 N–H and O–H groups in total. The number of carbonyl (C=O) groups excluding carboxylic acids is 1. The van der Waals surface area contributed by atoms with E-state index in [1.165, 1.54) is 0 Å². The van der Waals surface area contributed by atoms with Crippen molar-refractivity contribution in [2.75, 3.05) is 6.79 Å². The minimum atomic E-state index is -0.303. The fraction of sp³-hybridized carbons (Fsp3) is 0.0417. The van der Waals surface area contributed by atoms with Gasteiger partial charge in [-0.15, -0.1) is 0 Å². The number of ether oxygens (including phenoxy) is 2. The van der Waals surface area contributed by atoms with Crippen molar-refractivity contribution in [2.45, 2.75) is 0 Å². The standard InChI is InChI=1S/C24H17N3O3/c28-24(27-25-14-16-10-11-22-23(12-16)30-15-29-22)19-13-21(17-6-2-1-3-7-17)26-20-9-5-4-8-18(19)20/h1-14H,15H2,(H,27,28). The molecule has 1 aromatic heterocycles. The zero-order valence-corrected chi connectivity index (χ0v) is 15.9. The van der Waals surface area contributed by atoms with Crippen LogP contribution in [0.15, 0.2) is 84.0 Å². The van der Waals surface area contributed by atoms with Crippen LogP contribution >= 0.6 is 0 Å². The molecule has 5 rings (SSSR count). The fourth-order valence-electron chi connectivity index (χ4n) is 3.34. The molecule has 30 heavy (non-hydrogen) atoms. The number of rotatable bonds is 4. The molecule has 3 aromatic carbocycles. The molecule has 0 aliphatic carbocycles. The van der Waals surface area contributed by atoms with Crippen molar-refractivity contribution in [2.24, 2.45) is 5.10 Å². The minimum absolute atomic E-state index is 0.214. The van der Waals surface area contributed by atoms with Gasteiger partial charge in [0.1, 0.15) is 0 Å². The number of para-hydroxylation sites is 1. The molecular weight excluding hydrogens is 378 g/mol. The first-order valence-electron chi connectivity index (χ1n) is 9.46. The van der Waals surface area contributed by atoms with E-state index in [1.54, 1.807) is 12.3 Å². The molecule has 6 nitrogen and oxygen atoms in total. The van der Waals surface area contributed by atoms with Crippen molar-refractivity contribution in [3.8, 4) is 22.8 Å². The van der Waals surface area contributed by atoms with Crippen LogP contribution in [0, 0.1) is 0 Å². The van der Waals surface area contributed by atoms with E-state index in [0.717, 1.165) is 27.7 Å². The molecule has 0 fully saturated rings. The lowest BCUT2D eigenvalue weighted by atomic mass is 10.0. The number of hydrazone groups is 1. The first kappa shape index (κ1) is 17.9. The summed E-state index contributed by atoms with van der Waals surface area (Å²) in [6, 6.07) is 24.6. The number of hydrogen-bond donors (Lipinski definition) is 1. The topological polar surface area (TPSA) is 72.8 Å². The number of nitrogens with one attached hydrogen (secondary N) is 1. The van der Waals surface area contributed by atoms with Gasteiger partial charge in [-0.05, 0) is 35.9 Å². The Morgan fingerprint density at radius 3 is 2.63 bits per heavy atom. The van der Waals surface area contributed by atoms with E-state index in [2.05, 4.69) is 10.5 Å². The molecule has 0 saturated heterocycles. The molecule has 1 aliphatic rings. The molecule has 0 spiro atoms. The zero-order valence-electron chi connectivity index (χ0n) is 15.9. The molecule has 0 radical (unpaired) electrons. The maximum absolute atomic E-state index is 12.9. The average Bonchev–Trinajstić information content (AvgIpc) is 3.27. The second kappa shape index (κ2) is 7.67. The van der Waals surface area contributed by atoms with Gasteiger partial charge in [0.15, 0.2) is 11.5 Å². The van der Waals surface area contributed by atoms with Crippen LogP contribution in [-0.2, 0) is 0 Å². The first-order valence-corrected chi connectivity index (χ1v) is 9.46. The molecule has 0 unspecified atom stereocenters. The number of pyridine rings is 1. The molecule has 0 atom stereocenters. The van der Waals surface area contributed by atoms with Crippen molar-refractivity contribution < 1.29 is 14.3 Å². The van der Waals surface area contributed by atoms with Crippen LogP contribution in [0.1, 0.15) is 15.9 Å². The summed E-state index contributed by atoms with van der Waals surface area (Å²) in [6.07, 6.45) is 1.57. The third-order valence-electron chi connectivity index (χ3n) is 4.81. The lowest BCUT2D eigenvalue weighted by Gasteiger charge is -2.09. The van der Waals surface area contributed by atoms with Crippen molar-refractivity contribution in [3.63, 3.8) is 0 Å². The lowest BCUT2D eigenvalue weighted by Crippen LogP contribution is -2.18. The third-order valence-corrected chi connectivity index (χ3v) is 4.81. The van der Waals surface area contributed by atoms with E-state index in [-0.39, 0.29) is 12.7 Å². The van der Waals surface area contributed by atoms with Crippen molar-refractivity contribution in [1.82, 2.24) is 10.4 Å². The van der Waals surface area contributed by atoms with Crippen molar-refractivity contribution in [3.05, 3.63) is 90.0 Å². The van der Waals surface area contributed by atoms with Crippen molar-refractivity contribution >= 4 is 23.0 Å². The van der Waals surface area contributed by atoms with E-state index in [0.29, 0.717) is 17.1 Å². The summed E-state index contributed by atoms with van der Waals surface area (Å²) < 4.78 is 10.7. The first-order chi connectivity index (χ1) is 14.8. The Morgan fingerprint density at radius 2 is 1.73 bits per heavy atom. The van der Waals surface area contributed by atoms with E-state index >= 15 is 0 Å². The Bertz CT molecular complexity index is 1270. The van der Waals surface area contributed by atoms with E-state index in [1.807, 2.05) is 72.8 Å². The molecule has 2 heterocycles. The van der Waals surface area contributed by atoms with Crippen LogP contribution in [0.4, 0.5) is 0 Å². The third kappa shape index (κ3) is 3.46. The summed E-state index contributed by atoms with van der Waals surface area (Å²) in [5.41, 5.74) is 6.36. The Balaban J connectivity index is 1.44. The Morgan fingerprint density at radius 1 is 0.933 bits per heavy atom. The number of hydrogen-bond acceptors (Lipinski definition) is 5. The second-order valence-corrected chi connectivity index (χ2v) is 6.75. The van der Waals surface area contributed by atoms with Crippen molar-refractivity contribution in [1.29, 1.82) is 0 Å². The summed E-state index contributed by atoms with van der Waals surface area (Å²) in [6.45, 7) is 0.214. The van der Waals surface area contributed by atoms with Gasteiger partial charge in [0.25, 0.3) is 5.91 Å². The van der Waals surface area contributed by atoms with Gasteiger partial charge in [-0.3, -0.25) is 4.79 Å². The molecule has 0 bridgehead atoms. The van der Waals surface area contributed by atoms with Gasteiger partial charge in [-0.1, -0.05) is 48.5 Å². The number of fused-ring (bicyclic) bond motifs is 2. The molecule has 6 heteroatoms. The van der Waals surface area contributed by atoms with Crippen LogP contribution in [0.25, 0.3) is 22.2 Å². The molecular formula is C24H17N3O3. The van der Waals surface area contributed by atoms with Gasteiger partial charge < -0.3 is 9.47 Å². The molecule has 146 valence electrons. The maximum Gasteiger partial charge on any atom is 0.272 e. The normalized spacial score (nSPS) is 12.4. The summed E-state index contributed by atoms with van der Waals surface area (Å²) in [5, 5.41) is 4.88. The molecule has 4 aromatic rings. The lowest BCUT2D eigenvalue weighted by molar-refractivity contribution is 0.0956. The Kier molecular flexibility index (Phi) is 4.57. The van der Waals surface area contributed by atoms with Crippen LogP contribution in [-0.4, -0.2) is 23.9 Å².